The molecular weight excluding hydrogens is 937 g/mol. The van der Waals surface area contributed by atoms with Gasteiger partial charge >= 0.3 is 6.09 Å². The molecular formula is C67H62N6O3. The average Bonchev–Trinajstić information content (AvgIpc) is 4.27. The monoisotopic (exact) mass is 998 g/mol. The molecule has 5 aromatic carbocycles. The predicted octanol–water partition coefficient (Wildman–Crippen LogP) is 15.8. The number of ether oxygens (including phenoxy) is 1. The minimum atomic E-state index is -0.761. The van der Waals surface area contributed by atoms with E-state index in [9.17, 15) is 4.79 Å². The SMILES string of the molecule is Cc1cc(C)c(-c2c3nc(c(-c4c(C)cc(C)cc4C)c4ccc([nH]4)c(-c4c(C)cc(C)cc4C)c4nc(c(NC(=O)[C@@H]5CCCN5C(=O)OCC5c6ccccc6-c6ccccc65)c5ccc2[nH]5)C=C4)C=C3)c(C)c1. The average molecular weight is 999 g/mol. The minimum absolute atomic E-state index is 0.0993. The van der Waals surface area contributed by atoms with Gasteiger partial charge in [0.2, 0.25) is 5.91 Å². The van der Waals surface area contributed by atoms with E-state index < -0.39 is 12.1 Å². The standard InChI is InChI=1S/C67H62N6O3/c1-36-29-39(4)59(40(5)30-36)62-50-20-22-52(68-50)63(60-41(6)31-37(2)32-42(60)7)54-24-26-56(70-54)65(57-27-25-55(71-57)64(53-23-21-51(62)69-53)61-43(8)33-38(3)34-44(61)9)72-66(74)58-19-14-28-73(58)67(75)76-35-49-47-17-12-10-15-45(47)46-16-11-13-18-48(46)49/h10-13,15-18,20-27,29-34,49,58,68,71H,14,19,28,35H2,1-9H3,(H,72,74)/t58-/m0/s1. The normalized spacial score (nSPS) is 14.6. The third kappa shape index (κ3) is 8.35. The molecule has 0 unspecified atom stereocenters. The van der Waals surface area contributed by atoms with Crippen molar-refractivity contribution in [1.29, 1.82) is 0 Å². The van der Waals surface area contributed by atoms with Gasteiger partial charge < -0.3 is 20.0 Å². The van der Waals surface area contributed by atoms with Crippen molar-refractivity contribution in [2.45, 2.75) is 87.1 Å². The number of aromatic nitrogens is 4. The van der Waals surface area contributed by atoms with E-state index in [0.717, 1.165) is 112 Å². The van der Waals surface area contributed by atoms with Crippen LogP contribution in [0.15, 0.2) is 109 Å². The van der Waals surface area contributed by atoms with Gasteiger partial charge in [0, 0.05) is 45.7 Å². The number of benzene rings is 5. The van der Waals surface area contributed by atoms with Crippen LogP contribution in [0.5, 0.6) is 0 Å². The molecule has 9 nitrogen and oxygen atoms in total. The minimum Gasteiger partial charge on any atom is -0.448 e. The predicted molar refractivity (Wildman–Crippen MR) is 311 cm³/mol. The molecule has 1 aliphatic carbocycles. The fraction of sp³-hybridized carbons (Fsp3) is 0.224. The summed E-state index contributed by atoms with van der Waals surface area (Å²) in [5.74, 6) is -0.404. The number of hydrogen-bond acceptors (Lipinski definition) is 5. The fourth-order valence-electron chi connectivity index (χ4n) is 13.0. The van der Waals surface area contributed by atoms with E-state index >= 15 is 4.79 Å². The molecule has 4 aliphatic rings. The van der Waals surface area contributed by atoms with Crippen molar-refractivity contribution < 1.29 is 14.3 Å². The Bertz CT molecular complexity index is 3850. The second kappa shape index (κ2) is 19.0. The molecule has 12 rings (SSSR count). The van der Waals surface area contributed by atoms with Crippen LogP contribution in [0.2, 0.25) is 0 Å². The summed E-state index contributed by atoms with van der Waals surface area (Å²) in [4.78, 5) is 49.7. The van der Waals surface area contributed by atoms with Crippen molar-refractivity contribution in [3.8, 4) is 44.5 Å². The second-order valence-electron chi connectivity index (χ2n) is 21.5. The number of nitrogens with one attached hydrogen (secondary N) is 3. The lowest BCUT2D eigenvalue weighted by atomic mass is 9.92. The van der Waals surface area contributed by atoms with E-state index in [1.165, 1.54) is 27.8 Å². The molecule has 76 heavy (non-hydrogen) atoms. The van der Waals surface area contributed by atoms with Crippen LogP contribution in [-0.2, 0) is 9.53 Å². The molecule has 3 N–H and O–H groups in total. The van der Waals surface area contributed by atoms with Crippen LogP contribution in [0.3, 0.4) is 0 Å². The zero-order chi connectivity index (χ0) is 52.7. The van der Waals surface area contributed by atoms with Crippen LogP contribution in [0, 0.1) is 62.3 Å². The summed E-state index contributed by atoms with van der Waals surface area (Å²) >= 11 is 0. The van der Waals surface area contributed by atoms with Gasteiger partial charge in [0.05, 0.1) is 34.0 Å². The number of fused-ring (bicyclic) bond motifs is 11. The topological polar surface area (TPSA) is 116 Å². The number of H-pyrrole nitrogens is 2. The highest BCUT2D eigenvalue weighted by atomic mass is 16.6. The van der Waals surface area contributed by atoms with E-state index in [4.69, 9.17) is 14.7 Å². The van der Waals surface area contributed by atoms with Gasteiger partial charge in [-0.1, -0.05) is 102 Å². The highest BCUT2D eigenvalue weighted by molar-refractivity contribution is 6.05. The molecule has 1 fully saturated rings. The van der Waals surface area contributed by atoms with E-state index in [2.05, 4.69) is 175 Å². The summed E-state index contributed by atoms with van der Waals surface area (Å²) in [5, 5.41) is 3.36. The molecule has 6 heterocycles. The number of amides is 2. The van der Waals surface area contributed by atoms with E-state index in [0.29, 0.717) is 36.3 Å². The Morgan fingerprint density at radius 2 is 0.921 bits per heavy atom. The number of aromatic amines is 2. The van der Waals surface area contributed by atoms with Crippen molar-refractivity contribution in [2.75, 3.05) is 18.5 Å². The summed E-state index contributed by atoms with van der Waals surface area (Å²) < 4.78 is 6.17. The van der Waals surface area contributed by atoms with Gasteiger partial charge in [-0.15, -0.1) is 0 Å². The Labute approximate surface area is 444 Å². The molecule has 1 saturated heterocycles. The molecule has 0 radical (unpaired) electrons. The maximum Gasteiger partial charge on any atom is 0.410 e. The van der Waals surface area contributed by atoms with E-state index in [1.807, 2.05) is 36.4 Å². The first-order valence-electron chi connectivity index (χ1n) is 26.5. The van der Waals surface area contributed by atoms with Crippen molar-refractivity contribution in [2.24, 2.45) is 0 Å². The second-order valence-corrected chi connectivity index (χ2v) is 21.5. The number of anilines is 1. The lowest BCUT2D eigenvalue weighted by Gasteiger charge is -2.24. The zero-order valence-electron chi connectivity index (χ0n) is 44.8. The largest absolute Gasteiger partial charge is 0.448 e. The first kappa shape index (κ1) is 48.4. The maximum atomic E-state index is 15.1. The number of carbonyl (C=O) groups excluding carboxylic acids is 2. The number of likely N-dealkylation sites (tertiary alicyclic amines) is 1. The number of aryl methyl sites for hydroxylation is 9. The van der Waals surface area contributed by atoms with Crippen LogP contribution < -0.4 is 5.32 Å². The molecule has 3 aliphatic heterocycles. The highest BCUT2D eigenvalue weighted by Gasteiger charge is 2.37. The lowest BCUT2D eigenvalue weighted by molar-refractivity contribution is -0.120. The van der Waals surface area contributed by atoms with Gasteiger partial charge in [-0.3, -0.25) is 9.69 Å². The van der Waals surface area contributed by atoms with Gasteiger partial charge in [0.25, 0.3) is 0 Å². The Morgan fingerprint density at radius 1 is 0.526 bits per heavy atom. The Morgan fingerprint density at radius 3 is 1.38 bits per heavy atom. The molecule has 2 amide bonds. The van der Waals surface area contributed by atoms with Crippen LogP contribution in [0.1, 0.15) is 103 Å². The van der Waals surface area contributed by atoms with Gasteiger partial charge in [0.15, 0.2) is 0 Å². The van der Waals surface area contributed by atoms with Gasteiger partial charge in [0.1, 0.15) is 12.6 Å². The Hall–Kier alpha value is -8.56. The first-order valence-corrected chi connectivity index (χ1v) is 26.5. The first-order chi connectivity index (χ1) is 36.7. The summed E-state index contributed by atoms with van der Waals surface area (Å²) in [6.07, 6.45) is 8.99. The van der Waals surface area contributed by atoms with Gasteiger partial charge in [-0.05, 0) is 196 Å². The summed E-state index contributed by atoms with van der Waals surface area (Å²) in [5.41, 5.74) is 28.1. The van der Waals surface area contributed by atoms with E-state index in [-0.39, 0.29) is 18.4 Å². The van der Waals surface area contributed by atoms with Crippen molar-refractivity contribution in [3.05, 3.63) is 193 Å². The Balaban J connectivity index is 1.05. The lowest BCUT2D eigenvalue weighted by Crippen LogP contribution is -2.43. The summed E-state index contributed by atoms with van der Waals surface area (Å²) in [7, 11) is 0. The van der Waals surface area contributed by atoms with Crippen LogP contribution in [0.25, 0.3) is 90.9 Å². The third-order valence-corrected chi connectivity index (χ3v) is 15.9. The van der Waals surface area contributed by atoms with Crippen LogP contribution in [0.4, 0.5) is 10.5 Å². The highest BCUT2D eigenvalue weighted by Crippen LogP contribution is 2.46. The molecule has 0 spiro atoms. The smallest absolute Gasteiger partial charge is 0.410 e. The summed E-state index contributed by atoms with van der Waals surface area (Å²) in [6, 6.07) is 37.7. The van der Waals surface area contributed by atoms with Gasteiger partial charge in [-0.2, -0.15) is 0 Å². The van der Waals surface area contributed by atoms with E-state index in [1.54, 1.807) is 4.90 Å². The number of hydrogen-bond donors (Lipinski definition) is 3. The van der Waals surface area contributed by atoms with Crippen molar-refractivity contribution >= 4 is 64.1 Å². The molecule has 0 saturated carbocycles. The molecule has 3 aromatic heterocycles. The fourth-order valence-corrected chi connectivity index (χ4v) is 13.0. The molecule has 1 atom stereocenters. The van der Waals surface area contributed by atoms with Crippen molar-refractivity contribution in [3.63, 3.8) is 0 Å². The molecule has 8 bridgehead atoms. The number of carbonyl (C=O) groups is 2. The zero-order valence-corrected chi connectivity index (χ0v) is 44.8. The van der Waals surface area contributed by atoms with Crippen LogP contribution >= 0.6 is 0 Å². The van der Waals surface area contributed by atoms with Gasteiger partial charge in [-0.25, -0.2) is 14.8 Å². The maximum absolute atomic E-state index is 15.1. The third-order valence-electron chi connectivity index (χ3n) is 15.9. The molecule has 378 valence electrons. The summed E-state index contributed by atoms with van der Waals surface area (Å²) in [6.45, 7) is 20.0. The quantitative estimate of drug-likeness (QED) is 0.147. The van der Waals surface area contributed by atoms with Crippen molar-refractivity contribution in [1.82, 2.24) is 24.8 Å². The van der Waals surface area contributed by atoms with Crippen LogP contribution in [-0.4, -0.2) is 56.0 Å². The molecule has 8 aromatic rings. The number of nitrogens with zero attached hydrogens (tertiary/aromatic N) is 3. The number of rotatable bonds is 7. The Kier molecular flexibility index (Phi) is 12.1. The molecule has 9 heteroatoms.